The van der Waals surface area contributed by atoms with E-state index in [4.69, 9.17) is 0 Å². The number of halogens is 2. The van der Waals surface area contributed by atoms with Crippen molar-refractivity contribution in [2.45, 2.75) is 50.6 Å². The van der Waals surface area contributed by atoms with Crippen molar-refractivity contribution in [1.29, 1.82) is 0 Å². The third-order valence-corrected chi connectivity index (χ3v) is 8.43. The molecule has 1 aromatic heterocycles. The molecule has 0 N–H and O–H groups in total. The van der Waals surface area contributed by atoms with Crippen molar-refractivity contribution in [2.75, 3.05) is 37.6 Å². The molecular formula is C23H34Cl2N4O2S. The Bertz CT molecular complexity index is 960. The fourth-order valence-electron chi connectivity index (χ4n) is 4.43. The number of pyridine rings is 1. The molecule has 0 saturated carbocycles. The van der Waals surface area contributed by atoms with Gasteiger partial charge in [0.2, 0.25) is 10.0 Å². The minimum atomic E-state index is -3.41. The van der Waals surface area contributed by atoms with Gasteiger partial charge in [0.05, 0.1) is 4.90 Å². The number of piperazine rings is 1. The summed E-state index contributed by atoms with van der Waals surface area (Å²) in [5.74, 6) is 1.00. The average Bonchev–Trinajstić information content (AvgIpc) is 3.21. The molecule has 0 amide bonds. The molecule has 2 saturated heterocycles. The fraction of sp³-hybridized carbons (Fsp3) is 0.522. The quantitative estimate of drug-likeness (QED) is 0.612. The van der Waals surface area contributed by atoms with E-state index in [2.05, 4.69) is 40.8 Å². The SMILES string of the molecule is CC(C)N1CCN(c2ccc(-c3ccc(S(=O)(=O)N4CCCC4C)cc3)cn2)CC1.Cl.Cl. The number of hydrogen-bond acceptors (Lipinski definition) is 5. The summed E-state index contributed by atoms with van der Waals surface area (Å²) >= 11 is 0. The number of nitrogens with zero attached hydrogens (tertiary/aromatic N) is 4. The van der Waals surface area contributed by atoms with Crippen molar-refractivity contribution in [3.8, 4) is 11.1 Å². The van der Waals surface area contributed by atoms with Gasteiger partial charge in [-0.3, -0.25) is 4.90 Å². The highest BCUT2D eigenvalue weighted by atomic mass is 35.5. The van der Waals surface area contributed by atoms with E-state index in [1.165, 1.54) is 0 Å². The summed E-state index contributed by atoms with van der Waals surface area (Å²) in [5, 5.41) is 0. The number of hydrogen-bond donors (Lipinski definition) is 0. The number of rotatable bonds is 5. The second kappa shape index (κ2) is 11.2. The van der Waals surface area contributed by atoms with Crippen molar-refractivity contribution in [1.82, 2.24) is 14.2 Å². The topological polar surface area (TPSA) is 56.8 Å². The van der Waals surface area contributed by atoms with Crippen LogP contribution in [-0.4, -0.2) is 67.4 Å². The van der Waals surface area contributed by atoms with E-state index in [0.717, 1.165) is 56.0 Å². The van der Waals surface area contributed by atoms with Crippen LogP contribution in [0.4, 0.5) is 5.82 Å². The van der Waals surface area contributed by atoms with Crippen LogP contribution in [0.2, 0.25) is 0 Å². The lowest BCUT2D eigenvalue weighted by atomic mass is 10.1. The molecule has 0 bridgehead atoms. The Morgan fingerprint density at radius 3 is 2.03 bits per heavy atom. The molecule has 9 heteroatoms. The molecular weight excluding hydrogens is 467 g/mol. The van der Waals surface area contributed by atoms with Crippen LogP contribution < -0.4 is 4.90 Å². The van der Waals surface area contributed by atoms with Gasteiger partial charge in [-0.2, -0.15) is 4.31 Å². The van der Waals surface area contributed by atoms with Crippen molar-refractivity contribution in [3.05, 3.63) is 42.6 Å². The van der Waals surface area contributed by atoms with Crippen LogP contribution in [0.15, 0.2) is 47.5 Å². The zero-order chi connectivity index (χ0) is 21.3. The van der Waals surface area contributed by atoms with Crippen LogP contribution in [0.25, 0.3) is 11.1 Å². The highest BCUT2D eigenvalue weighted by Crippen LogP contribution is 2.28. The molecule has 178 valence electrons. The first-order valence-electron chi connectivity index (χ1n) is 10.9. The summed E-state index contributed by atoms with van der Waals surface area (Å²) in [5.41, 5.74) is 1.98. The van der Waals surface area contributed by atoms with Crippen LogP contribution in [0, 0.1) is 0 Å². The van der Waals surface area contributed by atoms with Gasteiger partial charge in [0.15, 0.2) is 0 Å². The number of benzene rings is 1. The molecule has 2 aliphatic heterocycles. The minimum Gasteiger partial charge on any atom is -0.354 e. The van der Waals surface area contributed by atoms with Gasteiger partial charge in [-0.05, 0) is 63.4 Å². The first-order valence-corrected chi connectivity index (χ1v) is 12.4. The van der Waals surface area contributed by atoms with Gasteiger partial charge < -0.3 is 4.90 Å². The summed E-state index contributed by atoms with van der Waals surface area (Å²) in [6, 6.07) is 12.0. The third-order valence-electron chi connectivity index (χ3n) is 6.40. The second-order valence-electron chi connectivity index (χ2n) is 8.65. The van der Waals surface area contributed by atoms with Crippen LogP contribution in [0.3, 0.4) is 0 Å². The van der Waals surface area contributed by atoms with Crippen LogP contribution in [0.1, 0.15) is 33.6 Å². The van der Waals surface area contributed by atoms with Gasteiger partial charge in [-0.25, -0.2) is 13.4 Å². The lowest BCUT2D eigenvalue weighted by Gasteiger charge is -2.37. The van der Waals surface area contributed by atoms with Gasteiger partial charge in [-0.15, -0.1) is 24.8 Å². The molecule has 0 spiro atoms. The van der Waals surface area contributed by atoms with E-state index >= 15 is 0 Å². The lowest BCUT2D eigenvalue weighted by Crippen LogP contribution is -2.49. The van der Waals surface area contributed by atoms with Gasteiger partial charge in [0, 0.05) is 56.6 Å². The standard InChI is InChI=1S/C23H32N4O2S.2ClH/c1-18(2)25-13-15-26(16-14-25)23-11-8-21(17-24-23)20-6-9-22(10-7-20)30(28,29)27-12-4-5-19(27)3;;/h6-11,17-19H,4-5,12-16H2,1-3H3;2*1H. The van der Waals surface area contributed by atoms with Crippen molar-refractivity contribution in [2.24, 2.45) is 0 Å². The molecule has 2 aliphatic rings. The van der Waals surface area contributed by atoms with Crippen LogP contribution in [0.5, 0.6) is 0 Å². The van der Waals surface area contributed by atoms with Gasteiger partial charge in [0.25, 0.3) is 0 Å². The molecule has 1 aromatic carbocycles. The third kappa shape index (κ3) is 5.57. The van der Waals surface area contributed by atoms with Crippen LogP contribution in [-0.2, 0) is 10.0 Å². The summed E-state index contributed by atoms with van der Waals surface area (Å²) in [4.78, 5) is 9.86. The van der Waals surface area contributed by atoms with Gasteiger partial charge in [-0.1, -0.05) is 12.1 Å². The van der Waals surface area contributed by atoms with Gasteiger partial charge >= 0.3 is 0 Å². The predicted molar refractivity (Wildman–Crippen MR) is 136 cm³/mol. The Morgan fingerprint density at radius 2 is 1.53 bits per heavy atom. The van der Waals surface area contributed by atoms with E-state index in [1.54, 1.807) is 16.4 Å². The molecule has 6 nitrogen and oxygen atoms in total. The summed E-state index contributed by atoms with van der Waals surface area (Å²) in [7, 11) is -3.41. The van der Waals surface area contributed by atoms with E-state index in [-0.39, 0.29) is 30.9 Å². The molecule has 4 rings (SSSR count). The highest BCUT2D eigenvalue weighted by molar-refractivity contribution is 7.89. The number of sulfonamides is 1. The molecule has 2 aromatic rings. The molecule has 2 fully saturated rings. The molecule has 32 heavy (non-hydrogen) atoms. The Morgan fingerprint density at radius 1 is 0.906 bits per heavy atom. The van der Waals surface area contributed by atoms with E-state index < -0.39 is 10.0 Å². The first-order chi connectivity index (χ1) is 14.4. The number of anilines is 1. The normalized spacial score (nSPS) is 20.1. The Balaban J connectivity index is 0.00000181. The number of aromatic nitrogens is 1. The molecule has 3 heterocycles. The lowest BCUT2D eigenvalue weighted by molar-refractivity contribution is 0.209. The van der Waals surface area contributed by atoms with Crippen molar-refractivity contribution in [3.63, 3.8) is 0 Å². The van der Waals surface area contributed by atoms with Crippen molar-refractivity contribution >= 4 is 40.7 Å². The average molecular weight is 502 g/mol. The van der Waals surface area contributed by atoms with E-state index in [1.807, 2.05) is 25.3 Å². The second-order valence-corrected chi connectivity index (χ2v) is 10.5. The Kier molecular flexibility index (Phi) is 9.37. The fourth-order valence-corrected chi connectivity index (χ4v) is 6.13. The summed E-state index contributed by atoms with van der Waals surface area (Å²) in [6.07, 6.45) is 3.75. The van der Waals surface area contributed by atoms with E-state index in [0.29, 0.717) is 17.5 Å². The highest BCUT2D eigenvalue weighted by Gasteiger charge is 2.32. The maximum absolute atomic E-state index is 12.9. The zero-order valence-corrected chi connectivity index (χ0v) is 21.4. The summed E-state index contributed by atoms with van der Waals surface area (Å²) in [6.45, 7) is 11.2. The Hall–Kier alpha value is -1.38. The largest absolute Gasteiger partial charge is 0.354 e. The molecule has 1 atom stereocenters. The van der Waals surface area contributed by atoms with Crippen molar-refractivity contribution < 1.29 is 8.42 Å². The molecule has 1 unspecified atom stereocenters. The summed E-state index contributed by atoms with van der Waals surface area (Å²) < 4.78 is 27.4. The van der Waals surface area contributed by atoms with Crippen LogP contribution >= 0.6 is 24.8 Å². The van der Waals surface area contributed by atoms with E-state index in [9.17, 15) is 8.42 Å². The molecule has 0 aliphatic carbocycles. The zero-order valence-electron chi connectivity index (χ0n) is 19.0. The maximum atomic E-state index is 12.9. The monoisotopic (exact) mass is 500 g/mol. The van der Waals surface area contributed by atoms with Gasteiger partial charge in [0.1, 0.15) is 5.82 Å². The predicted octanol–water partition coefficient (Wildman–Crippen LogP) is 4.30. The smallest absolute Gasteiger partial charge is 0.243 e. The first kappa shape index (κ1) is 26.9. The molecule has 0 radical (unpaired) electrons. The minimum absolute atomic E-state index is 0. The Labute approximate surface area is 204 Å². The maximum Gasteiger partial charge on any atom is 0.243 e.